The number of Topliss-reactive ketones (excluding diaryl/α,β-unsaturated/α-hetero) is 2. The zero-order valence-corrected chi connectivity index (χ0v) is 24.8. The van der Waals surface area contributed by atoms with E-state index in [1.165, 1.54) is 7.11 Å². The van der Waals surface area contributed by atoms with Crippen LogP contribution in [-0.4, -0.2) is 24.6 Å². The molecule has 0 radical (unpaired) electrons. The zero-order valence-electron chi connectivity index (χ0n) is 24.8. The molecule has 0 aromatic carbocycles. The Morgan fingerprint density at radius 2 is 1.63 bits per heavy atom. The fraction of sp³-hybridized carbons (Fsp3) is 0.818. The molecule has 5 heteroatoms. The first-order valence-corrected chi connectivity index (χ1v) is 14.8. The minimum Gasteiger partial charge on any atom is -0.469 e. The van der Waals surface area contributed by atoms with Crippen molar-refractivity contribution in [1.82, 2.24) is 0 Å². The van der Waals surface area contributed by atoms with Crippen LogP contribution in [-0.2, 0) is 19.1 Å². The first kappa shape index (κ1) is 27.6. The van der Waals surface area contributed by atoms with Crippen molar-refractivity contribution in [3.8, 4) is 6.07 Å². The third-order valence-electron chi connectivity index (χ3n) is 13.4. The van der Waals surface area contributed by atoms with E-state index >= 15 is 0 Å². The summed E-state index contributed by atoms with van der Waals surface area (Å²) in [5.41, 5.74) is -1.04. The van der Waals surface area contributed by atoms with Crippen molar-refractivity contribution in [2.75, 3.05) is 7.11 Å². The Hall–Kier alpha value is -1.96. The molecule has 0 amide bonds. The van der Waals surface area contributed by atoms with Gasteiger partial charge >= 0.3 is 5.97 Å². The van der Waals surface area contributed by atoms with Gasteiger partial charge in [0.05, 0.1) is 19.1 Å². The van der Waals surface area contributed by atoms with Gasteiger partial charge in [0.25, 0.3) is 0 Å². The van der Waals surface area contributed by atoms with Crippen molar-refractivity contribution in [2.24, 2.45) is 56.2 Å². The van der Waals surface area contributed by atoms with E-state index in [1.807, 2.05) is 19.9 Å². The van der Waals surface area contributed by atoms with Crippen molar-refractivity contribution < 1.29 is 19.1 Å². The number of hydrogen-bond acceptors (Lipinski definition) is 5. The van der Waals surface area contributed by atoms with Crippen LogP contribution in [0.4, 0.5) is 0 Å². The Kier molecular flexibility index (Phi) is 6.01. The summed E-state index contributed by atoms with van der Waals surface area (Å²) in [4.78, 5) is 40.4. The Morgan fingerprint density at radius 3 is 2.26 bits per heavy atom. The molecule has 208 valence electrons. The Morgan fingerprint density at radius 1 is 0.974 bits per heavy atom. The number of carbonyl (C=O) groups excluding carboxylic acids is 3. The molecule has 0 spiro atoms. The van der Waals surface area contributed by atoms with Crippen LogP contribution < -0.4 is 0 Å². The molecule has 5 nitrogen and oxygen atoms in total. The van der Waals surface area contributed by atoms with Gasteiger partial charge in [-0.2, -0.15) is 5.26 Å². The van der Waals surface area contributed by atoms with Crippen molar-refractivity contribution in [3.63, 3.8) is 0 Å². The van der Waals surface area contributed by atoms with E-state index in [9.17, 15) is 19.6 Å². The normalized spacial score (nSPS) is 46.9. The summed E-state index contributed by atoms with van der Waals surface area (Å²) >= 11 is 0. The lowest BCUT2D eigenvalue weighted by atomic mass is 9.31. The molecule has 4 saturated carbocycles. The molecular weight excluding hydrogens is 474 g/mol. The van der Waals surface area contributed by atoms with Crippen LogP contribution in [0.25, 0.3) is 0 Å². The number of methoxy groups -OCH3 is 1. The molecule has 0 aromatic rings. The van der Waals surface area contributed by atoms with Crippen molar-refractivity contribution in [2.45, 2.75) is 106 Å². The lowest BCUT2D eigenvalue weighted by molar-refractivity contribution is -0.224. The zero-order chi connectivity index (χ0) is 28.1. The van der Waals surface area contributed by atoms with Crippen molar-refractivity contribution in [3.05, 3.63) is 11.6 Å². The van der Waals surface area contributed by atoms with Gasteiger partial charge in [0.1, 0.15) is 11.9 Å². The van der Waals surface area contributed by atoms with Gasteiger partial charge in [-0.3, -0.25) is 14.4 Å². The second-order valence-corrected chi connectivity index (χ2v) is 15.8. The molecule has 8 atom stereocenters. The standard InChI is InChI=1S/C33H47NO4/c1-28(2)11-13-33(18-25(36)38-8)14-12-32(7)26(21(33)17-28)22(35)15-24-30(5)16-20(19-34)27(37)29(3,4)23(30)9-10-31(24,32)6/h16,21,23-24,26H,9-15,17-18H2,1-8H3. The highest BCUT2D eigenvalue weighted by molar-refractivity contribution is 6.04. The van der Waals surface area contributed by atoms with Gasteiger partial charge in [0.2, 0.25) is 0 Å². The average molecular weight is 522 g/mol. The SMILES string of the molecule is COC(=O)CC12CCC(C)(C)CC1C1C(=O)CC3C4(C)C=C(C#N)C(=O)C(C)(C)C4CCC3(C)C1(C)CC2. The predicted molar refractivity (Wildman–Crippen MR) is 146 cm³/mol. The number of esters is 1. The first-order valence-electron chi connectivity index (χ1n) is 14.8. The van der Waals surface area contributed by atoms with Gasteiger partial charge in [0, 0.05) is 17.8 Å². The molecule has 5 aliphatic carbocycles. The third kappa shape index (κ3) is 3.43. The maximum Gasteiger partial charge on any atom is 0.306 e. The highest BCUT2D eigenvalue weighted by Gasteiger charge is 2.72. The lowest BCUT2D eigenvalue weighted by Gasteiger charge is -2.72. The largest absolute Gasteiger partial charge is 0.469 e. The number of ether oxygens (including phenoxy) is 1. The van der Waals surface area contributed by atoms with E-state index in [4.69, 9.17) is 4.74 Å². The van der Waals surface area contributed by atoms with Gasteiger partial charge in [-0.15, -0.1) is 0 Å². The van der Waals surface area contributed by atoms with Gasteiger partial charge in [0.15, 0.2) is 5.78 Å². The summed E-state index contributed by atoms with van der Waals surface area (Å²) in [6, 6.07) is 2.21. The summed E-state index contributed by atoms with van der Waals surface area (Å²) in [7, 11) is 1.48. The fourth-order valence-corrected chi connectivity index (χ4v) is 11.1. The number of carbonyl (C=O) groups is 3. The topological polar surface area (TPSA) is 84.2 Å². The molecule has 5 aliphatic rings. The number of nitrogens with zero attached hydrogens (tertiary/aromatic N) is 1. The van der Waals surface area contributed by atoms with Crippen LogP contribution in [0.3, 0.4) is 0 Å². The Balaban J connectivity index is 1.62. The second kappa shape index (κ2) is 8.28. The summed E-state index contributed by atoms with van der Waals surface area (Å²) in [5, 5.41) is 9.90. The fourth-order valence-electron chi connectivity index (χ4n) is 11.1. The molecule has 4 fully saturated rings. The van der Waals surface area contributed by atoms with Gasteiger partial charge < -0.3 is 4.74 Å². The van der Waals surface area contributed by atoms with E-state index in [2.05, 4.69) is 40.7 Å². The molecule has 0 bridgehead atoms. The number of allylic oxidation sites excluding steroid dienone is 2. The van der Waals surface area contributed by atoms with Crippen LogP contribution in [0, 0.1) is 67.5 Å². The van der Waals surface area contributed by atoms with Crippen LogP contribution >= 0.6 is 0 Å². The Bertz CT molecular complexity index is 1160. The van der Waals surface area contributed by atoms with E-state index in [0.29, 0.717) is 18.6 Å². The number of fused-ring (bicyclic) bond motifs is 7. The summed E-state index contributed by atoms with van der Waals surface area (Å²) < 4.78 is 5.18. The molecule has 0 N–H and O–H groups in total. The summed E-state index contributed by atoms with van der Waals surface area (Å²) in [6.07, 6.45) is 9.70. The minimum absolute atomic E-state index is 0.0491. The van der Waals surface area contributed by atoms with E-state index in [-0.39, 0.29) is 68.1 Å². The molecule has 0 aliphatic heterocycles. The maximum absolute atomic E-state index is 14.5. The van der Waals surface area contributed by atoms with Crippen LogP contribution in [0.15, 0.2) is 11.6 Å². The van der Waals surface area contributed by atoms with Crippen molar-refractivity contribution >= 4 is 17.5 Å². The van der Waals surface area contributed by atoms with Gasteiger partial charge in [-0.1, -0.05) is 54.5 Å². The monoisotopic (exact) mass is 521 g/mol. The average Bonchev–Trinajstić information content (AvgIpc) is 2.83. The number of ketones is 2. The predicted octanol–water partition coefficient (Wildman–Crippen LogP) is 6.85. The van der Waals surface area contributed by atoms with E-state index in [1.54, 1.807) is 0 Å². The smallest absolute Gasteiger partial charge is 0.306 e. The van der Waals surface area contributed by atoms with E-state index in [0.717, 1.165) is 44.9 Å². The molecular formula is C33H47NO4. The first-order chi connectivity index (χ1) is 17.5. The summed E-state index contributed by atoms with van der Waals surface area (Å²) in [5.74, 6) is 0.447. The summed E-state index contributed by atoms with van der Waals surface area (Å²) in [6.45, 7) is 15.7. The van der Waals surface area contributed by atoms with Crippen LogP contribution in [0.5, 0.6) is 0 Å². The molecule has 0 saturated heterocycles. The van der Waals surface area contributed by atoms with Crippen LogP contribution in [0.1, 0.15) is 106 Å². The maximum atomic E-state index is 14.5. The number of rotatable bonds is 2. The second-order valence-electron chi connectivity index (χ2n) is 15.8. The lowest BCUT2D eigenvalue weighted by Crippen LogP contribution is -2.68. The molecule has 38 heavy (non-hydrogen) atoms. The quantitative estimate of drug-likeness (QED) is 0.371. The highest BCUT2D eigenvalue weighted by atomic mass is 16.5. The van der Waals surface area contributed by atoms with E-state index < -0.39 is 5.41 Å². The minimum atomic E-state index is -0.619. The molecule has 5 rings (SSSR count). The Labute approximate surface area is 229 Å². The number of hydrogen-bond donors (Lipinski definition) is 0. The van der Waals surface area contributed by atoms with Gasteiger partial charge in [-0.25, -0.2) is 0 Å². The van der Waals surface area contributed by atoms with Gasteiger partial charge in [-0.05, 0) is 89.8 Å². The molecule has 0 aromatic heterocycles. The molecule has 8 unspecified atom stereocenters. The highest BCUT2D eigenvalue weighted by Crippen LogP contribution is 2.76. The third-order valence-corrected chi connectivity index (χ3v) is 13.4. The van der Waals surface area contributed by atoms with Crippen LogP contribution in [0.2, 0.25) is 0 Å². The van der Waals surface area contributed by atoms with Crippen molar-refractivity contribution in [1.29, 1.82) is 5.26 Å². The number of nitriles is 1. The molecule has 0 heterocycles.